The summed E-state index contributed by atoms with van der Waals surface area (Å²) < 4.78 is 13.1. The smallest absolute Gasteiger partial charge is 0.338 e. The molecular weight excluding hydrogens is 420 g/mol. The van der Waals surface area contributed by atoms with Gasteiger partial charge in [-0.1, -0.05) is 30.7 Å². The zero-order chi connectivity index (χ0) is 21.3. The van der Waals surface area contributed by atoms with Crippen molar-refractivity contribution in [3.05, 3.63) is 77.0 Å². The normalized spacial score (nSPS) is 16.5. The second-order valence-electron chi connectivity index (χ2n) is 6.88. The van der Waals surface area contributed by atoms with Gasteiger partial charge < -0.3 is 9.15 Å². The number of aryl methyl sites for hydroxylation is 1. The van der Waals surface area contributed by atoms with E-state index in [9.17, 15) is 9.59 Å². The Morgan fingerprint density at radius 1 is 1.33 bits per heavy atom. The highest BCUT2D eigenvalue weighted by molar-refractivity contribution is 7.10. The molecule has 156 valence electrons. The number of esters is 1. The number of carbonyl (C=O) groups is 1. The highest BCUT2D eigenvalue weighted by atomic mass is 32.1. The predicted molar refractivity (Wildman–Crippen MR) is 117 cm³/mol. The number of thiazole rings is 1. The van der Waals surface area contributed by atoms with Crippen molar-refractivity contribution in [2.75, 3.05) is 6.61 Å². The number of hydrogen-bond acceptors (Lipinski definition) is 7. The van der Waals surface area contributed by atoms with E-state index < -0.39 is 12.0 Å². The van der Waals surface area contributed by atoms with Crippen LogP contribution in [0.5, 0.6) is 0 Å². The van der Waals surface area contributed by atoms with Crippen LogP contribution in [0, 0.1) is 6.92 Å². The van der Waals surface area contributed by atoms with Gasteiger partial charge in [0.15, 0.2) is 4.80 Å². The Hall–Kier alpha value is -2.71. The summed E-state index contributed by atoms with van der Waals surface area (Å²) in [4.78, 5) is 32.5. The van der Waals surface area contributed by atoms with Crippen molar-refractivity contribution in [2.24, 2.45) is 4.99 Å². The van der Waals surface area contributed by atoms with E-state index in [0.29, 0.717) is 32.8 Å². The number of carbonyl (C=O) groups excluding carboxylic acids is 1. The molecule has 8 heteroatoms. The van der Waals surface area contributed by atoms with Crippen LogP contribution in [0.3, 0.4) is 0 Å². The predicted octanol–water partition coefficient (Wildman–Crippen LogP) is 3.54. The van der Waals surface area contributed by atoms with Crippen LogP contribution in [0.2, 0.25) is 0 Å². The second kappa shape index (κ2) is 8.57. The molecule has 0 aromatic carbocycles. The Balaban J connectivity index is 1.97. The molecule has 0 aliphatic carbocycles. The number of nitrogens with zero attached hydrogens (tertiary/aromatic N) is 2. The van der Waals surface area contributed by atoms with Gasteiger partial charge in [-0.15, -0.1) is 11.3 Å². The highest BCUT2D eigenvalue weighted by Crippen LogP contribution is 2.34. The number of ether oxygens (including phenoxy) is 1. The molecule has 6 nitrogen and oxygen atoms in total. The maximum atomic E-state index is 13.4. The van der Waals surface area contributed by atoms with Gasteiger partial charge in [-0.25, -0.2) is 9.79 Å². The van der Waals surface area contributed by atoms with Gasteiger partial charge in [0, 0.05) is 11.0 Å². The first kappa shape index (κ1) is 20.6. The van der Waals surface area contributed by atoms with Crippen molar-refractivity contribution in [2.45, 2.75) is 39.7 Å². The molecule has 4 rings (SSSR count). The molecule has 0 saturated carbocycles. The summed E-state index contributed by atoms with van der Waals surface area (Å²) >= 11 is 2.82. The largest absolute Gasteiger partial charge is 0.463 e. The van der Waals surface area contributed by atoms with Crippen LogP contribution < -0.4 is 14.9 Å². The topological polar surface area (TPSA) is 73.8 Å². The average molecular weight is 443 g/mol. The molecule has 1 unspecified atom stereocenters. The van der Waals surface area contributed by atoms with Gasteiger partial charge in [-0.05, 0) is 43.8 Å². The summed E-state index contributed by atoms with van der Waals surface area (Å²) in [5.41, 5.74) is 0.952. The van der Waals surface area contributed by atoms with Crippen molar-refractivity contribution in [1.82, 2.24) is 4.57 Å². The summed E-state index contributed by atoms with van der Waals surface area (Å²) in [5, 5.41) is 1.94. The Labute approximate surface area is 181 Å². The number of thiophene rings is 1. The van der Waals surface area contributed by atoms with Crippen LogP contribution >= 0.6 is 22.7 Å². The van der Waals surface area contributed by atoms with Gasteiger partial charge in [-0.3, -0.25) is 9.36 Å². The van der Waals surface area contributed by atoms with E-state index in [-0.39, 0.29) is 12.2 Å². The molecule has 0 spiro atoms. The fourth-order valence-corrected chi connectivity index (χ4v) is 5.32. The third-order valence-corrected chi connectivity index (χ3v) is 6.65. The van der Waals surface area contributed by atoms with E-state index in [4.69, 9.17) is 14.1 Å². The molecule has 1 aliphatic rings. The fraction of sp³-hybridized carbons (Fsp3) is 0.318. The third kappa shape index (κ3) is 3.73. The first-order valence-electron chi connectivity index (χ1n) is 9.85. The molecule has 1 aliphatic heterocycles. The summed E-state index contributed by atoms with van der Waals surface area (Å²) in [5.74, 6) is 0.975. The van der Waals surface area contributed by atoms with Crippen molar-refractivity contribution in [3.8, 4) is 0 Å². The van der Waals surface area contributed by atoms with E-state index in [1.165, 1.54) is 22.7 Å². The molecule has 1 atom stereocenters. The van der Waals surface area contributed by atoms with Crippen LogP contribution in [-0.4, -0.2) is 17.1 Å². The number of aromatic nitrogens is 1. The molecule has 0 bridgehead atoms. The van der Waals surface area contributed by atoms with E-state index >= 15 is 0 Å². The minimum absolute atomic E-state index is 0.191. The fourth-order valence-electron chi connectivity index (χ4n) is 3.50. The Bertz CT molecular complexity index is 1280. The Morgan fingerprint density at radius 2 is 2.17 bits per heavy atom. The molecule has 0 saturated heterocycles. The van der Waals surface area contributed by atoms with Crippen LogP contribution in [0.1, 0.15) is 49.1 Å². The van der Waals surface area contributed by atoms with Gasteiger partial charge in [0.05, 0.1) is 22.4 Å². The molecule has 0 radical (unpaired) electrons. The molecule has 30 heavy (non-hydrogen) atoms. The molecule has 0 fully saturated rings. The van der Waals surface area contributed by atoms with E-state index in [1.807, 2.05) is 43.5 Å². The molecule has 0 amide bonds. The molecule has 0 N–H and O–H groups in total. The van der Waals surface area contributed by atoms with Gasteiger partial charge in [0.1, 0.15) is 17.6 Å². The lowest BCUT2D eigenvalue weighted by Crippen LogP contribution is -2.39. The third-order valence-electron chi connectivity index (χ3n) is 4.74. The van der Waals surface area contributed by atoms with Crippen LogP contribution in [0.25, 0.3) is 6.08 Å². The number of fused-ring (bicyclic) bond motifs is 1. The van der Waals surface area contributed by atoms with Gasteiger partial charge >= 0.3 is 5.97 Å². The van der Waals surface area contributed by atoms with Crippen molar-refractivity contribution >= 4 is 34.7 Å². The number of hydrogen-bond donors (Lipinski definition) is 0. The minimum Gasteiger partial charge on any atom is -0.463 e. The Morgan fingerprint density at radius 3 is 2.80 bits per heavy atom. The van der Waals surface area contributed by atoms with Gasteiger partial charge in [-0.2, -0.15) is 0 Å². The molecule has 3 aromatic heterocycles. The highest BCUT2D eigenvalue weighted by Gasteiger charge is 2.34. The number of rotatable bonds is 6. The zero-order valence-electron chi connectivity index (χ0n) is 17.0. The molecular formula is C22H22N2O4S2. The lowest BCUT2D eigenvalue weighted by atomic mass is 9.99. The second-order valence-corrected chi connectivity index (χ2v) is 8.87. The van der Waals surface area contributed by atoms with E-state index in [0.717, 1.165) is 17.1 Å². The van der Waals surface area contributed by atoms with E-state index in [2.05, 4.69) is 0 Å². The summed E-state index contributed by atoms with van der Waals surface area (Å²) in [6.07, 6.45) is 3.20. The minimum atomic E-state index is -0.540. The number of allylic oxidation sites excluding steroid dienone is 1. The van der Waals surface area contributed by atoms with Crippen LogP contribution in [0.4, 0.5) is 0 Å². The lowest BCUT2D eigenvalue weighted by Gasteiger charge is -2.24. The van der Waals surface area contributed by atoms with Gasteiger partial charge in [0.2, 0.25) is 0 Å². The van der Waals surface area contributed by atoms with Crippen molar-refractivity contribution < 1.29 is 13.9 Å². The van der Waals surface area contributed by atoms with Crippen molar-refractivity contribution in [3.63, 3.8) is 0 Å². The maximum absolute atomic E-state index is 13.4. The van der Waals surface area contributed by atoms with Crippen LogP contribution in [0.15, 0.2) is 55.1 Å². The SMILES string of the molecule is CCCC1=C(C(=O)OCC)C(c2cccs2)n2c(s/c(=C\c3ccc(C)o3)c2=O)=N1. The summed E-state index contributed by atoms with van der Waals surface area (Å²) in [6.45, 7) is 5.94. The summed E-state index contributed by atoms with van der Waals surface area (Å²) in [6, 6.07) is 7.01. The van der Waals surface area contributed by atoms with E-state index in [1.54, 1.807) is 17.6 Å². The Kier molecular flexibility index (Phi) is 5.87. The average Bonchev–Trinajstić information content (AvgIpc) is 3.44. The zero-order valence-corrected chi connectivity index (χ0v) is 18.6. The standard InChI is InChI=1S/C22H22N2O4S2/c1-4-7-15-18(21(26)27-5-2)19(16-8-6-11-29-16)24-20(25)17(30-22(24)23-15)12-14-10-9-13(3)28-14/h6,8-12,19H,4-5,7H2,1-3H3/b17-12-. The maximum Gasteiger partial charge on any atom is 0.338 e. The van der Waals surface area contributed by atoms with Crippen molar-refractivity contribution in [1.29, 1.82) is 0 Å². The first-order chi connectivity index (χ1) is 14.5. The summed E-state index contributed by atoms with van der Waals surface area (Å²) in [7, 11) is 0. The monoisotopic (exact) mass is 442 g/mol. The lowest BCUT2D eigenvalue weighted by molar-refractivity contribution is -0.139. The molecule has 4 heterocycles. The van der Waals surface area contributed by atoms with Crippen LogP contribution in [-0.2, 0) is 9.53 Å². The van der Waals surface area contributed by atoms with Gasteiger partial charge in [0.25, 0.3) is 5.56 Å². The molecule has 3 aromatic rings. The quantitative estimate of drug-likeness (QED) is 0.548. The number of furan rings is 1. The first-order valence-corrected chi connectivity index (χ1v) is 11.5.